The highest BCUT2D eigenvalue weighted by Gasteiger charge is 2.18. The van der Waals surface area contributed by atoms with Crippen LogP contribution in [0.4, 0.5) is 0 Å². The number of ether oxygens (including phenoxy) is 1. The van der Waals surface area contributed by atoms with Gasteiger partial charge in [0.15, 0.2) is 0 Å². The highest BCUT2D eigenvalue weighted by atomic mass is 32.1. The maximum atomic E-state index is 12.8. The Balaban J connectivity index is 2.25. The first-order chi connectivity index (χ1) is 12.3. The number of thiophene rings is 1. The fourth-order valence-corrected chi connectivity index (χ4v) is 4.21. The van der Waals surface area contributed by atoms with Crippen molar-refractivity contribution >= 4 is 32.3 Å². The van der Waals surface area contributed by atoms with Crippen molar-refractivity contribution in [3.05, 3.63) is 64.3 Å². The number of aromatic nitrogens is 1. The molecule has 0 aliphatic carbocycles. The van der Waals surface area contributed by atoms with Gasteiger partial charge in [0.05, 0.1) is 19.2 Å². The van der Waals surface area contributed by atoms with E-state index < -0.39 is 0 Å². The number of fused-ring (bicyclic) bond motifs is 3. The molecule has 0 radical (unpaired) electrons. The second kappa shape index (κ2) is 6.35. The third kappa shape index (κ3) is 2.44. The summed E-state index contributed by atoms with van der Waals surface area (Å²) >= 11 is 1.43. The topological polar surface area (TPSA) is 51.5 Å². The molecule has 0 aliphatic heterocycles. The maximum Gasteiger partial charge on any atom is 0.269 e. The molecule has 0 fully saturated rings. The summed E-state index contributed by atoms with van der Waals surface area (Å²) in [4.78, 5) is 12.8. The Bertz CT molecular complexity index is 1110. The van der Waals surface area contributed by atoms with Crippen LogP contribution in [0.25, 0.3) is 32.1 Å². The molecule has 0 saturated carbocycles. The van der Waals surface area contributed by atoms with Crippen molar-refractivity contribution in [2.45, 2.75) is 6.54 Å². The molecule has 0 unspecified atom stereocenters. The summed E-state index contributed by atoms with van der Waals surface area (Å²) in [5.41, 5.74) is 2.75. The van der Waals surface area contributed by atoms with E-state index >= 15 is 0 Å². The Labute approximate surface area is 148 Å². The van der Waals surface area contributed by atoms with E-state index in [0.29, 0.717) is 4.70 Å². The molecule has 25 heavy (non-hydrogen) atoms. The van der Waals surface area contributed by atoms with Crippen molar-refractivity contribution < 1.29 is 9.84 Å². The number of nitrogens with zero attached hydrogens (tertiary/aromatic N) is 1. The van der Waals surface area contributed by atoms with Gasteiger partial charge in [0.2, 0.25) is 0 Å². The zero-order valence-electron chi connectivity index (χ0n) is 13.7. The van der Waals surface area contributed by atoms with Crippen molar-refractivity contribution in [1.82, 2.24) is 4.57 Å². The van der Waals surface area contributed by atoms with E-state index in [2.05, 4.69) is 0 Å². The van der Waals surface area contributed by atoms with Gasteiger partial charge in [-0.2, -0.15) is 0 Å². The number of aliphatic hydroxyl groups is 1. The molecule has 0 saturated heterocycles. The number of aliphatic hydroxyl groups excluding tert-OH is 1. The van der Waals surface area contributed by atoms with Crippen LogP contribution in [0.1, 0.15) is 0 Å². The van der Waals surface area contributed by atoms with Crippen molar-refractivity contribution in [2.75, 3.05) is 13.7 Å². The summed E-state index contributed by atoms with van der Waals surface area (Å²) in [6, 6.07) is 15.8. The molecule has 4 aromatic rings. The number of hydrogen-bond acceptors (Lipinski definition) is 4. The SMILES string of the molecule is COc1ccc2c(c1-c1ccccc1)c1ccsc1c(=O)n2CCO. The predicted octanol–water partition coefficient (Wildman–Crippen LogP) is 3.88. The number of benzene rings is 2. The third-order valence-electron chi connectivity index (χ3n) is 4.42. The molecule has 4 rings (SSSR count). The normalized spacial score (nSPS) is 11.3. The maximum absolute atomic E-state index is 12.8. The molecular formula is C20H17NO3S. The zero-order chi connectivity index (χ0) is 17.4. The van der Waals surface area contributed by atoms with E-state index in [0.717, 1.165) is 33.2 Å². The first kappa shape index (κ1) is 15.9. The van der Waals surface area contributed by atoms with Crippen LogP contribution in [0.5, 0.6) is 5.75 Å². The molecule has 0 amide bonds. The van der Waals surface area contributed by atoms with Gasteiger partial charge in [-0.25, -0.2) is 0 Å². The van der Waals surface area contributed by atoms with Gasteiger partial charge in [-0.15, -0.1) is 11.3 Å². The lowest BCUT2D eigenvalue weighted by Gasteiger charge is -2.17. The molecule has 0 bridgehead atoms. The van der Waals surface area contributed by atoms with Gasteiger partial charge < -0.3 is 14.4 Å². The Morgan fingerprint density at radius 2 is 1.92 bits per heavy atom. The summed E-state index contributed by atoms with van der Waals surface area (Å²) < 4.78 is 7.98. The first-order valence-corrected chi connectivity index (χ1v) is 8.91. The van der Waals surface area contributed by atoms with Crippen LogP contribution in [0.15, 0.2) is 58.7 Å². The molecule has 5 heteroatoms. The summed E-state index contributed by atoms with van der Waals surface area (Å²) in [5, 5.41) is 13.3. The Morgan fingerprint density at radius 3 is 2.64 bits per heavy atom. The van der Waals surface area contributed by atoms with Crippen LogP contribution in [0.3, 0.4) is 0 Å². The highest BCUT2D eigenvalue weighted by Crippen LogP contribution is 2.40. The van der Waals surface area contributed by atoms with E-state index in [1.165, 1.54) is 11.3 Å². The van der Waals surface area contributed by atoms with Crippen LogP contribution in [0.2, 0.25) is 0 Å². The van der Waals surface area contributed by atoms with Crippen LogP contribution < -0.4 is 10.3 Å². The predicted molar refractivity (Wildman–Crippen MR) is 103 cm³/mol. The van der Waals surface area contributed by atoms with Crippen LogP contribution in [-0.4, -0.2) is 23.4 Å². The lowest BCUT2D eigenvalue weighted by Crippen LogP contribution is -2.22. The monoisotopic (exact) mass is 351 g/mol. The minimum absolute atomic E-state index is 0.0595. The minimum Gasteiger partial charge on any atom is -0.496 e. The van der Waals surface area contributed by atoms with E-state index in [1.807, 2.05) is 53.9 Å². The quantitative estimate of drug-likeness (QED) is 0.607. The third-order valence-corrected chi connectivity index (χ3v) is 5.32. The Kier molecular flexibility index (Phi) is 4.03. The highest BCUT2D eigenvalue weighted by molar-refractivity contribution is 7.17. The summed E-state index contributed by atoms with van der Waals surface area (Å²) in [6.45, 7) is 0.183. The lowest BCUT2D eigenvalue weighted by molar-refractivity contribution is 0.276. The van der Waals surface area contributed by atoms with Gasteiger partial charge in [0.1, 0.15) is 10.4 Å². The Hall–Kier alpha value is -2.63. The van der Waals surface area contributed by atoms with E-state index in [4.69, 9.17) is 4.74 Å². The fourth-order valence-electron chi connectivity index (χ4n) is 3.36. The smallest absolute Gasteiger partial charge is 0.269 e. The Morgan fingerprint density at radius 1 is 1.12 bits per heavy atom. The largest absolute Gasteiger partial charge is 0.496 e. The molecule has 0 atom stereocenters. The van der Waals surface area contributed by atoms with Crippen molar-refractivity contribution in [3.63, 3.8) is 0 Å². The van der Waals surface area contributed by atoms with E-state index in [1.54, 1.807) is 11.7 Å². The van der Waals surface area contributed by atoms with Crippen LogP contribution >= 0.6 is 11.3 Å². The summed E-state index contributed by atoms with van der Waals surface area (Å²) in [6.07, 6.45) is 0. The molecule has 2 heterocycles. The summed E-state index contributed by atoms with van der Waals surface area (Å²) in [7, 11) is 1.65. The van der Waals surface area contributed by atoms with Gasteiger partial charge in [-0.1, -0.05) is 30.3 Å². The van der Waals surface area contributed by atoms with E-state index in [9.17, 15) is 9.90 Å². The standard InChI is InChI=1S/C20H17NO3S/c1-24-16-8-7-15-18(17(16)13-5-3-2-4-6-13)14-9-12-25-19(14)20(23)21(15)10-11-22/h2-9,12,22H,10-11H2,1H3. The number of hydrogen-bond donors (Lipinski definition) is 1. The number of methoxy groups -OCH3 is 1. The van der Waals surface area contributed by atoms with Gasteiger partial charge in [-0.3, -0.25) is 4.79 Å². The fraction of sp³-hybridized carbons (Fsp3) is 0.150. The molecule has 2 aromatic heterocycles. The minimum atomic E-state index is -0.0847. The molecule has 126 valence electrons. The van der Waals surface area contributed by atoms with Gasteiger partial charge >= 0.3 is 0 Å². The van der Waals surface area contributed by atoms with Crippen molar-refractivity contribution in [3.8, 4) is 16.9 Å². The van der Waals surface area contributed by atoms with Crippen molar-refractivity contribution in [1.29, 1.82) is 0 Å². The summed E-state index contributed by atoms with van der Waals surface area (Å²) in [5.74, 6) is 0.764. The second-order valence-electron chi connectivity index (χ2n) is 5.75. The molecule has 0 spiro atoms. The van der Waals surface area contributed by atoms with Gasteiger partial charge in [0, 0.05) is 22.9 Å². The molecule has 1 N–H and O–H groups in total. The number of rotatable bonds is 4. The zero-order valence-corrected chi connectivity index (χ0v) is 14.5. The van der Waals surface area contributed by atoms with E-state index in [-0.39, 0.29) is 18.7 Å². The number of pyridine rings is 1. The molecular weight excluding hydrogens is 334 g/mol. The average Bonchev–Trinajstić information content (AvgIpc) is 3.15. The van der Waals surface area contributed by atoms with Crippen LogP contribution in [-0.2, 0) is 6.54 Å². The van der Waals surface area contributed by atoms with Crippen LogP contribution in [0, 0.1) is 0 Å². The van der Waals surface area contributed by atoms with Gasteiger partial charge in [0.25, 0.3) is 5.56 Å². The molecule has 4 nitrogen and oxygen atoms in total. The lowest BCUT2D eigenvalue weighted by atomic mass is 9.97. The molecule has 2 aromatic carbocycles. The first-order valence-electron chi connectivity index (χ1n) is 8.03. The molecule has 0 aliphatic rings. The van der Waals surface area contributed by atoms with Crippen molar-refractivity contribution in [2.24, 2.45) is 0 Å². The second-order valence-corrected chi connectivity index (χ2v) is 6.66. The average molecular weight is 351 g/mol. The van der Waals surface area contributed by atoms with Gasteiger partial charge in [-0.05, 0) is 29.1 Å².